The van der Waals surface area contributed by atoms with E-state index in [2.05, 4.69) is 20.9 Å². The van der Waals surface area contributed by atoms with E-state index in [1.54, 1.807) is 0 Å². The number of halogens is 5. The molecular weight excluding hydrogens is 360 g/mol. The highest BCUT2D eigenvalue weighted by molar-refractivity contribution is 9.10. The zero-order valence-corrected chi connectivity index (χ0v) is 11.9. The molecule has 1 aromatic heterocycles. The molecule has 104 valence electrons. The fourth-order valence-corrected chi connectivity index (χ4v) is 1.94. The van der Waals surface area contributed by atoms with Crippen LogP contribution in [0.25, 0.3) is 0 Å². The van der Waals surface area contributed by atoms with Crippen molar-refractivity contribution in [2.45, 2.75) is 0 Å². The number of aromatic nitrogens is 1. The average molecular weight is 366 g/mol. The van der Waals surface area contributed by atoms with Gasteiger partial charge in [0.15, 0.2) is 11.6 Å². The lowest BCUT2D eigenvalue weighted by Crippen LogP contribution is -2.15. The van der Waals surface area contributed by atoms with Gasteiger partial charge in [0.25, 0.3) is 5.91 Å². The Labute approximate surface area is 124 Å². The minimum atomic E-state index is -1.40. The molecule has 1 aromatic carbocycles. The Morgan fingerprint density at radius 3 is 2.65 bits per heavy atom. The summed E-state index contributed by atoms with van der Waals surface area (Å²) in [6, 6.07) is 2.38. The lowest BCUT2D eigenvalue weighted by atomic mass is 10.2. The van der Waals surface area contributed by atoms with Crippen molar-refractivity contribution in [2.75, 3.05) is 5.32 Å². The van der Waals surface area contributed by atoms with Crippen LogP contribution in [0.3, 0.4) is 0 Å². The van der Waals surface area contributed by atoms with Crippen LogP contribution in [-0.2, 0) is 0 Å². The lowest BCUT2D eigenvalue weighted by Gasteiger charge is -2.08. The van der Waals surface area contributed by atoms with Crippen LogP contribution in [0.4, 0.5) is 18.9 Å². The highest BCUT2D eigenvalue weighted by atomic mass is 79.9. The van der Waals surface area contributed by atoms with Crippen molar-refractivity contribution in [3.8, 4) is 0 Å². The van der Waals surface area contributed by atoms with Gasteiger partial charge in [-0.25, -0.2) is 18.2 Å². The first-order valence-corrected chi connectivity index (χ1v) is 6.32. The molecule has 1 N–H and O–H groups in total. The summed E-state index contributed by atoms with van der Waals surface area (Å²) in [5.74, 6) is -4.62. The van der Waals surface area contributed by atoms with Gasteiger partial charge in [0.05, 0.1) is 11.3 Å². The molecule has 0 radical (unpaired) electrons. The van der Waals surface area contributed by atoms with Crippen LogP contribution in [0.5, 0.6) is 0 Å². The molecule has 0 atom stereocenters. The Hall–Kier alpha value is -1.60. The van der Waals surface area contributed by atoms with Gasteiger partial charge in [0.1, 0.15) is 11.0 Å². The van der Waals surface area contributed by atoms with Crippen molar-refractivity contribution in [1.29, 1.82) is 0 Å². The Balaban J connectivity index is 2.35. The molecule has 0 aliphatic heterocycles. The number of nitrogens with one attached hydrogen (secondary N) is 1. The lowest BCUT2D eigenvalue weighted by molar-refractivity contribution is 0.102. The molecule has 0 fully saturated rings. The zero-order chi connectivity index (χ0) is 14.9. The molecule has 0 unspecified atom stereocenters. The number of pyridine rings is 1. The summed E-state index contributed by atoms with van der Waals surface area (Å²) in [7, 11) is 0. The smallest absolute Gasteiger partial charge is 0.258 e. The number of anilines is 1. The van der Waals surface area contributed by atoms with Crippen molar-refractivity contribution in [2.24, 2.45) is 0 Å². The molecule has 1 amide bonds. The molecular formula is C12H5BrClF3N2O. The van der Waals surface area contributed by atoms with Crippen molar-refractivity contribution in [3.05, 3.63) is 57.0 Å². The molecule has 20 heavy (non-hydrogen) atoms. The Bertz CT molecular complexity index is 697. The topological polar surface area (TPSA) is 42.0 Å². The van der Waals surface area contributed by atoms with Gasteiger partial charge in [-0.1, -0.05) is 11.6 Å². The minimum Gasteiger partial charge on any atom is -0.319 e. The highest BCUT2D eigenvalue weighted by Crippen LogP contribution is 2.22. The molecule has 8 heteroatoms. The largest absolute Gasteiger partial charge is 0.319 e. The summed E-state index contributed by atoms with van der Waals surface area (Å²) in [4.78, 5) is 15.6. The monoisotopic (exact) mass is 364 g/mol. The number of hydrogen-bond donors (Lipinski definition) is 1. The molecule has 0 saturated heterocycles. The van der Waals surface area contributed by atoms with E-state index in [0.29, 0.717) is 16.6 Å². The van der Waals surface area contributed by atoms with Crippen molar-refractivity contribution < 1.29 is 18.0 Å². The second kappa shape index (κ2) is 5.80. The van der Waals surface area contributed by atoms with Crippen molar-refractivity contribution >= 4 is 39.1 Å². The highest BCUT2D eigenvalue weighted by Gasteiger charge is 2.17. The number of carbonyl (C=O) groups excluding carboxylic acids is 1. The summed E-state index contributed by atoms with van der Waals surface area (Å²) >= 11 is 8.82. The van der Waals surface area contributed by atoms with Gasteiger partial charge in [-0.15, -0.1) is 0 Å². The van der Waals surface area contributed by atoms with Crippen LogP contribution < -0.4 is 5.32 Å². The number of benzene rings is 1. The third-order valence-corrected chi connectivity index (χ3v) is 3.03. The molecule has 0 aliphatic carbocycles. The summed E-state index contributed by atoms with van der Waals surface area (Å²) in [5, 5.41) is 1.91. The third kappa shape index (κ3) is 3.10. The van der Waals surface area contributed by atoms with Crippen LogP contribution in [0.1, 0.15) is 10.4 Å². The number of hydrogen-bond acceptors (Lipinski definition) is 2. The normalized spacial score (nSPS) is 10.4. The predicted octanol–water partition coefficient (Wildman–Crippen LogP) is 4.17. The summed E-state index contributed by atoms with van der Waals surface area (Å²) in [6.07, 6.45) is 1.36. The van der Waals surface area contributed by atoms with Gasteiger partial charge in [-0.05, 0) is 22.0 Å². The van der Waals surface area contributed by atoms with E-state index in [1.165, 1.54) is 12.3 Å². The van der Waals surface area contributed by atoms with E-state index in [0.717, 1.165) is 0 Å². The summed E-state index contributed by atoms with van der Waals surface area (Å²) in [5.41, 5.74) is -0.686. The predicted molar refractivity (Wildman–Crippen MR) is 71.2 cm³/mol. The number of nitrogens with zero attached hydrogens (tertiary/aromatic N) is 1. The van der Waals surface area contributed by atoms with Gasteiger partial charge in [0, 0.05) is 22.8 Å². The molecule has 1 heterocycles. The van der Waals surface area contributed by atoms with Crippen molar-refractivity contribution in [1.82, 2.24) is 4.98 Å². The van der Waals surface area contributed by atoms with E-state index in [-0.39, 0.29) is 10.7 Å². The van der Waals surface area contributed by atoms with Gasteiger partial charge in [0.2, 0.25) is 0 Å². The Morgan fingerprint density at radius 1 is 1.25 bits per heavy atom. The van der Waals surface area contributed by atoms with Gasteiger partial charge < -0.3 is 5.32 Å². The fourth-order valence-electron chi connectivity index (χ4n) is 1.42. The van der Waals surface area contributed by atoms with E-state index in [9.17, 15) is 18.0 Å². The maximum absolute atomic E-state index is 13.4. The summed E-state index contributed by atoms with van der Waals surface area (Å²) in [6.45, 7) is 0. The molecule has 0 aliphatic rings. The number of carbonyl (C=O) groups is 1. The zero-order valence-electron chi connectivity index (χ0n) is 9.55. The van der Waals surface area contributed by atoms with Crippen LogP contribution in [-0.4, -0.2) is 10.9 Å². The second-order valence-electron chi connectivity index (χ2n) is 3.70. The molecule has 0 saturated carbocycles. The maximum atomic E-state index is 13.4. The van der Waals surface area contributed by atoms with Crippen LogP contribution in [0, 0.1) is 17.5 Å². The first-order chi connectivity index (χ1) is 9.38. The van der Waals surface area contributed by atoms with Gasteiger partial charge >= 0.3 is 0 Å². The van der Waals surface area contributed by atoms with Crippen LogP contribution >= 0.6 is 27.5 Å². The van der Waals surface area contributed by atoms with E-state index in [4.69, 9.17) is 11.6 Å². The number of rotatable bonds is 2. The van der Waals surface area contributed by atoms with Gasteiger partial charge in [-0.2, -0.15) is 0 Å². The van der Waals surface area contributed by atoms with Crippen LogP contribution in [0.2, 0.25) is 5.15 Å². The van der Waals surface area contributed by atoms with E-state index in [1.807, 2.05) is 5.32 Å². The van der Waals surface area contributed by atoms with E-state index < -0.39 is 29.0 Å². The second-order valence-corrected chi connectivity index (χ2v) is 4.97. The molecule has 3 nitrogen and oxygen atoms in total. The van der Waals surface area contributed by atoms with Crippen LogP contribution in [0.15, 0.2) is 28.9 Å². The summed E-state index contributed by atoms with van der Waals surface area (Å²) < 4.78 is 39.9. The first-order valence-electron chi connectivity index (χ1n) is 5.15. The maximum Gasteiger partial charge on any atom is 0.258 e. The number of amides is 1. The molecule has 2 rings (SSSR count). The van der Waals surface area contributed by atoms with Gasteiger partial charge in [-0.3, -0.25) is 4.79 Å². The van der Waals surface area contributed by atoms with E-state index >= 15 is 0 Å². The molecule has 0 spiro atoms. The third-order valence-electron chi connectivity index (χ3n) is 2.29. The Kier molecular flexibility index (Phi) is 4.29. The standard InChI is InChI=1S/C12H5BrClF3N2O/c13-5-1-7(11(14)18-4-5)12(20)19-9-3-6(15)2-8(16)10(9)17/h1-4H,(H,19,20). The minimum absolute atomic E-state index is 0.0647. The fraction of sp³-hybridized carbons (Fsp3) is 0. The molecule has 0 bridgehead atoms. The molecule has 2 aromatic rings. The average Bonchev–Trinajstić information content (AvgIpc) is 2.38. The Morgan fingerprint density at radius 2 is 1.95 bits per heavy atom. The first kappa shape index (κ1) is 14.8. The van der Waals surface area contributed by atoms with Crippen molar-refractivity contribution in [3.63, 3.8) is 0 Å². The SMILES string of the molecule is O=C(Nc1cc(F)cc(F)c1F)c1cc(Br)cnc1Cl. The quantitative estimate of drug-likeness (QED) is 0.641.